The first-order valence-electron chi connectivity index (χ1n) is 9.47. The molecule has 26 heavy (non-hydrogen) atoms. The predicted molar refractivity (Wildman–Crippen MR) is 97.7 cm³/mol. The summed E-state index contributed by atoms with van der Waals surface area (Å²) in [6.07, 6.45) is 3.39. The molecule has 0 spiro atoms. The molecule has 2 aliphatic heterocycles. The molecule has 2 fully saturated rings. The van der Waals surface area contributed by atoms with E-state index in [9.17, 15) is 19.2 Å². The fourth-order valence-corrected chi connectivity index (χ4v) is 3.12. The van der Waals surface area contributed by atoms with E-state index in [1.807, 2.05) is 0 Å². The first-order valence-corrected chi connectivity index (χ1v) is 8.47. The number of hydroxylamine groups is 2. The van der Waals surface area contributed by atoms with Gasteiger partial charge in [-0.1, -0.05) is 21.3 Å². The Kier molecular flexibility index (Phi) is 9.26. The van der Waals surface area contributed by atoms with E-state index in [1.165, 1.54) is 13.8 Å². The highest BCUT2D eigenvalue weighted by Gasteiger charge is 2.32. The van der Waals surface area contributed by atoms with Crippen molar-refractivity contribution in [1.82, 2.24) is 15.3 Å². The minimum absolute atomic E-state index is 0. The van der Waals surface area contributed by atoms with Crippen molar-refractivity contribution in [2.75, 3.05) is 13.1 Å². The molecule has 2 saturated heterocycles. The van der Waals surface area contributed by atoms with Crippen molar-refractivity contribution < 1.29 is 25.4 Å². The van der Waals surface area contributed by atoms with Crippen LogP contribution in [-0.4, -0.2) is 58.8 Å². The van der Waals surface area contributed by atoms with E-state index in [2.05, 4.69) is 24.1 Å². The Labute approximate surface area is 157 Å². The quantitative estimate of drug-likeness (QED) is 0.712. The number of amides is 3. The van der Waals surface area contributed by atoms with Crippen molar-refractivity contribution in [2.24, 2.45) is 0 Å². The lowest BCUT2D eigenvalue weighted by atomic mass is 9.97. The summed E-state index contributed by atoms with van der Waals surface area (Å²) < 4.78 is 5.75. The van der Waals surface area contributed by atoms with Gasteiger partial charge in [0, 0.05) is 32.8 Å². The lowest BCUT2D eigenvalue weighted by Gasteiger charge is -2.38. The van der Waals surface area contributed by atoms with Gasteiger partial charge in [0.15, 0.2) is 0 Å². The Hall–Kier alpha value is -1.96. The highest BCUT2D eigenvalue weighted by Crippen LogP contribution is 2.21. The highest BCUT2D eigenvalue weighted by molar-refractivity contribution is 6.01. The molecule has 150 valence electrons. The molecular weight excluding hydrogens is 338 g/mol. The van der Waals surface area contributed by atoms with E-state index in [-0.39, 0.29) is 39.1 Å². The van der Waals surface area contributed by atoms with Crippen LogP contribution in [0, 0.1) is 0 Å². The molecule has 2 rings (SSSR count). The number of hydrogen-bond donors (Lipinski definition) is 1. The third-order valence-electron chi connectivity index (χ3n) is 4.55. The molecule has 0 aromatic rings. The zero-order valence-corrected chi connectivity index (χ0v) is 15.2. The summed E-state index contributed by atoms with van der Waals surface area (Å²) in [6, 6.07) is 0.744. The molecule has 3 amide bonds. The second kappa shape index (κ2) is 10.9. The lowest BCUT2D eigenvalue weighted by molar-refractivity contribution is -0.197. The molecule has 0 aromatic carbocycles. The van der Waals surface area contributed by atoms with Crippen molar-refractivity contribution in [1.29, 1.82) is 0 Å². The van der Waals surface area contributed by atoms with Crippen LogP contribution in [0.25, 0.3) is 0 Å². The van der Waals surface area contributed by atoms with Gasteiger partial charge in [-0.25, -0.2) is 4.79 Å². The first-order chi connectivity index (χ1) is 12.4. The Balaban J connectivity index is 0.00000218. The summed E-state index contributed by atoms with van der Waals surface area (Å²) in [6.45, 7) is 4.65. The van der Waals surface area contributed by atoms with Gasteiger partial charge in [0.25, 0.3) is 11.8 Å². The van der Waals surface area contributed by atoms with Crippen LogP contribution in [-0.2, 0) is 24.0 Å². The third kappa shape index (κ3) is 6.40. The standard InChI is InChI=1S/C16H25N3O5.2CH4/c1-11-4-3-5-12(2)18(11)10-13(20)17-9-8-16(23)24-19-14(21)6-7-15(19)22;;/h11-12H,3-10H2,1-2H3,(H,17,20);2*1H4/i;1D;. The monoisotopic (exact) mass is 372 g/mol. The predicted octanol–water partition coefficient (Wildman–Crippen LogP) is 1.63. The van der Waals surface area contributed by atoms with Gasteiger partial charge in [0.05, 0.1) is 13.0 Å². The van der Waals surface area contributed by atoms with E-state index in [0.29, 0.717) is 23.7 Å². The number of hydrogen-bond acceptors (Lipinski definition) is 6. The number of imide groups is 1. The summed E-state index contributed by atoms with van der Waals surface area (Å²) in [4.78, 5) is 53.2. The summed E-state index contributed by atoms with van der Waals surface area (Å²) >= 11 is 0. The molecule has 0 bridgehead atoms. The van der Waals surface area contributed by atoms with Gasteiger partial charge in [-0.15, -0.1) is 5.06 Å². The summed E-state index contributed by atoms with van der Waals surface area (Å²) in [5.41, 5.74) is 0. The maximum atomic E-state index is 12.0. The molecular formula is C18H33N3O5. The molecule has 8 heteroatoms. The zero-order valence-electron chi connectivity index (χ0n) is 16.2. The molecule has 2 unspecified atom stereocenters. The van der Waals surface area contributed by atoms with Gasteiger partial charge in [-0.3, -0.25) is 19.3 Å². The normalized spacial score (nSPS) is 23.3. The van der Waals surface area contributed by atoms with Gasteiger partial charge < -0.3 is 10.2 Å². The minimum atomic E-state index is -0.710. The highest BCUT2D eigenvalue weighted by atomic mass is 16.7. The van der Waals surface area contributed by atoms with Crippen molar-refractivity contribution in [3.8, 4) is 0 Å². The van der Waals surface area contributed by atoms with E-state index in [4.69, 9.17) is 6.21 Å². The molecule has 0 saturated carbocycles. The second-order valence-electron chi connectivity index (χ2n) is 6.45. The van der Waals surface area contributed by atoms with Crippen molar-refractivity contribution in [3.05, 3.63) is 0 Å². The Morgan fingerprint density at radius 1 is 1.15 bits per heavy atom. The lowest BCUT2D eigenvalue weighted by Crippen LogP contribution is -2.48. The molecule has 8 nitrogen and oxygen atoms in total. The smallest absolute Gasteiger partial charge is 0.334 e. The second-order valence-corrected chi connectivity index (χ2v) is 6.45. The van der Waals surface area contributed by atoms with Crippen LogP contribution in [0.1, 0.15) is 68.6 Å². The van der Waals surface area contributed by atoms with Gasteiger partial charge in [0.2, 0.25) is 5.91 Å². The van der Waals surface area contributed by atoms with Crippen molar-refractivity contribution >= 4 is 23.7 Å². The van der Waals surface area contributed by atoms with Crippen LogP contribution in [0.5, 0.6) is 0 Å². The fourth-order valence-electron chi connectivity index (χ4n) is 3.12. The molecule has 0 aromatic heterocycles. The fraction of sp³-hybridized carbons (Fsp3) is 0.778. The topological polar surface area (TPSA) is 96.0 Å². The molecule has 0 aliphatic carbocycles. The van der Waals surface area contributed by atoms with Crippen LogP contribution in [0.4, 0.5) is 0 Å². The molecule has 2 aliphatic rings. The Morgan fingerprint density at radius 2 is 1.69 bits per heavy atom. The van der Waals surface area contributed by atoms with Crippen molar-refractivity contribution in [2.45, 2.75) is 79.3 Å². The number of carbonyl (C=O) groups is 4. The summed E-state index contributed by atoms with van der Waals surface area (Å²) in [5, 5.41) is 3.19. The minimum Gasteiger partial charge on any atom is -0.354 e. The largest absolute Gasteiger partial charge is 0.354 e. The number of nitrogens with zero attached hydrogens (tertiary/aromatic N) is 2. The Morgan fingerprint density at radius 3 is 2.23 bits per heavy atom. The molecule has 0 radical (unpaired) electrons. The van der Waals surface area contributed by atoms with Crippen LogP contribution in [0.15, 0.2) is 0 Å². The Bertz CT molecular complexity index is 503. The number of likely N-dealkylation sites (tertiary alicyclic amines) is 1. The van der Waals surface area contributed by atoms with E-state index < -0.39 is 17.8 Å². The van der Waals surface area contributed by atoms with Gasteiger partial charge >= 0.3 is 5.97 Å². The van der Waals surface area contributed by atoms with Crippen LogP contribution in [0.2, 0.25) is 0 Å². The molecule has 1 N–H and O–H groups in total. The molecule has 2 atom stereocenters. The molecule has 2 heterocycles. The average molecular weight is 372 g/mol. The number of rotatable bonds is 6. The van der Waals surface area contributed by atoms with E-state index in [0.717, 1.165) is 12.8 Å². The SMILES string of the molecule is C.CC1CCCC(C)N1CC(=O)NCCC(=O)ON1C(=O)CCC1=O.[2H]C. The van der Waals surface area contributed by atoms with Crippen LogP contribution >= 0.6 is 0 Å². The number of carbonyl (C=O) groups excluding carboxylic acids is 4. The van der Waals surface area contributed by atoms with Crippen LogP contribution < -0.4 is 5.32 Å². The average Bonchev–Trinajstić information content (AvgIpc) is 2.92. The maximum absolute atomic E-state index is 12.0. The summed E-state index contributed by atoms with van der Waals surface area (Å²) in [5.74, 6) is -1.87. The number of piperidine rings is 1. The first kappa shape index (κ1) is 22.1. The van der Waals surface area contributed by atoms with Crippen molar-refractivity contribution in [3.63, 3.8) is 0 Å². The van der Waals surface area contributed by atoms with Gasteiger partial charge in [-0.2, -0.15) is 0 Å². The van der Waals surface area contributed by atoms with Gasteiger partial charge in [-0.05, 0) is 26.7 Å². The third-order valence-corrected chi connectivity index (χ3v) is 4.55. The zero-order chi connectivity index (χ0) is 19.7. The van der Waals surface area contributed by atoms with Gasteiger partial charge in [0.1, 0.15) is 0 Å². The van der Waals surface area contributed by atoms with E-state index >= 15 is 0 Å². The number of nitrogens with one attached hydrogen (secondary N) is 1. The van der Waals surface area contributed by atoms with E-state index in [1.54, 1.807) is 0 Å². The summed E-state index contributed by atoms with van der Waals surface area (Å²) in [7, 11) is 1.25. The maximum Gasteiger partial charge on any atom is 0.334 e. The van der Waals surface area contributed by atoms with Crippen LogP contribution in [0.3, 0.4) is 0 Å².